The number of carbonyl (C=O) groups is 2. The Kier molecular flexibility index (Phi) is 6.27. The summed E-state index contributed by atoms with van der Waals surface area (Å²) in [5.41, 5.74) is 9.53. The summed E-state index contributed by atoms with van der Waals surface area (Å²) in [6.07, 6.45) is 2.35. The number of nitrogens with zero attached hydrogens (tertiary/aromatic N) is 3. The van der Waals surface area contributed by atoms with Crippen molar-refractivity contribution in [2.45, 2.75) is 11.8 Å². The van der Waals surface area contributed by atoms with E-state index in [0.717, 1.165) is 12.1 Å². The number of benzene rings is 2. The summed E-state index contributed by atoms with van der Waals surface area (Å²) in [5.74, 6) is -0.665. The van der Waals surface area contributed by atoms with Crippen molar-refractivity contribution in [1.29, 1.82) is 0 Å². The zero-order valence-electron chi connectivity index (χ0n) is 14.7. The molecule has 2 rings (SSSR count). The van der Waals surface area contributed by atoms with E-state index in [1.54, 1.807) is 6.92 Å². The Morgan fingerprint density at radius 3 is 2.29 bits per heavy atom. The molecule has 8 nitrogen and oxygen atoms in total. The normalized spacial score (nSPS) is 11.1. The molecule has 28 heavy (non-hydrogen) atoms. The molecule has 0 aromatic heterocycles. The third-order valence-corrected chi connectivity index (χ3v) is 4.58. The fourth-order valence-corrected chi connectivity index (χ4v) is 3.00. The second kappa shape index (κ2) is 8.45. The molecule has 0 amide bonds. The molecule has 0 aliphatic heterocycles. The maximum atomic E-state index is 12.3. The van der Waals surface area contributed by atoms with E-state index < -0.39 is 20.8 Å². The molecule has 2 aromatic carbocycles. The molecule has 0 saturated carbocycles. The van der Waals surface area contributed by atoms with Crippen LogP contribution in [0.5, 0.6) is 0 Å². The molecule has 1 N–H and O–H groups in total. The summed E-state index contributed by atoms with van der Waals surface area (Å²) < 4.78 is 32.4. The van der Waals surface area contributed by atoms with Gasteiger partial charge in [0, 0.05) is 21.7 Å². The standard InChI is InChI=1S/C19H15N3O5S/c1-12(2)19(24)15-5-3-13(4-6-15)17(23)10-8-14-7-9-16(21-22-20)11-18(14)28(25,26)27/h3-11H,1H2,2H3,(H,25,26,27). The van der Waals surface area contributed by atoms with Crippen molar-refractivity contribution < 1.29 is 22.6 Å². The first-order valence-electron chi connectivity index (χ1n) is 7.83. The Hall–Kier alpha value is -3.52. The summed E-state index contributed by atoms with van der Waals surface area (Å²) in [7, 11) is -4.60. The molecule has 0 spiro atoms. The first-order chi connectivity index (χ1) is 13.1. The number of rotatable bonds is 7. The second-order valence-electron chi connectivity index (χ2n) is 5.77. The molecule has 0 aliphatic carbocycles. The van der Waals surface area contributed by atoms with Crippen LogP contribution in [0.2, 0.25) is 0 Å². The SMILES string of the molecule is C=C(C)C(=O)c1ccc(C(=O)C=Cc2ccc(N=[N+]=[N-])cc2S(=O)(=O)O)cc1. The minimum Gasteiger partial charge on any atom is -0.289 e. The van der Waals surface area contributed by atoms with Gasteiger partial charge in [-0.2, -0.15) is 8.42 Å². The van der Waals surface area contributed by atoms with E-state index in [9.17, 15) is 22.6 Å². The van der Waals surface area contributed by atoms with E-state index in [1.807, 2.05) is 0 Å². The van der Waals surface area contributed by atoms with E-state index in [0.29, 0.717) is 11.1 Å². The molecule has 0 heterocycles. The van der Waals surface area contributed by atoms with Gasteiger partial charge in [-0.15, -0.1) is 0 Å². The first kappa shape index (κ1) is 20.8. The highest BCUT2D eigenvalue weighted by atomic mass is 32.2. The van der Waals surface area contributed by atoms with Gasteiger partial charge in [-0.25, -0.2) is 0 Å². The smallest absolute Gasteiger partial charge is 0.289 e. The van der Waals surface area contributed by atoms with E-state index in [1.165, 1.54) is 42.5 Å². The predicted molar refractivity (Wildman–Crippen MR) is 104 cm³/mol. The maximum Gasteiger partial charge on any atom is 0.295 e. The molecular formula is C19H15N3O5S. The van der Waals surface area contributed by atoms with E-state index >= 15 is 0 Å². The predicted octanol–water partition coefficient (Wildman–Crippen LogP) is 4.53. The Morgan fingerprint density at radius 1 is 1.14 bits per heavy atom. The number of Topliss-reactive ketones (excluding diaryl/α,β-unsaturated/α-hetero) is 1. The van der Waals surface area contributed by atoms with E-state index in [4.69, 9.17) is 5.53 Å². The molecule has 0 atom stereocenters. The van der Waals surface area contributed by atoms with Gasteiger partial charge in [0.25, 0.3) is 10.1 Å². The molecule has 0 unspecified atom stereocenters. The third-order valence-electron chi connectivity index (χ3n) is 3.67. The van der Waals surface area contributed by atoms with Crippen molar-refractivity contribution in [3.63, 3.8) is 0 Å². The van der Waals surface area contributed by atoms with Crippen LogP contribution in [0.1, 0.15) is 33.2 Å². The van der Waals surface area contributed by atoms with Crippen molar-refractivity contribution in [2.75, 3.05) is 0 Å². The third kappa shape index (κ3) is 5.01. The highest BCUT2D eigenvalue weighted by Gasteiger charge is 2.15. The van der Waals surface area contributed by atoms with Crippen molar-refractivity contribution >= 4 is 33.4 Å². The lowest BCUT2D eigenvalue weighted by atomic mass is 10.0. The summed E-state index contributed by atoms with van der Waals surface area (Å²) in [5, 5.41) is 3.28. The molecule has 2 aromatic rings. The summed E-state index contributed by atoms with van der Waals surface area (Å²) >= 11 is 0. The average molecular weight is 397 g/mol. The highest BCUT2D eigenvalue weighted by molar-refractivity contribution is 7.86. The minimum atomic E-state index is -4.60. The van der Waals surface area contributed by atoms with Crippen LogP contribution in [0.25, 0.3) is 16.5 Å². The van der Waals surface area contributed by atoms with Gasteiger partial charge in [0.05, 0.1) is 0 Å². The second-order valence-corrected chi connectivity index (χ2v) is 7.16. The van der Waals surface area contributed by atoms with Crippen molar-refractivity contribution in [3.05, 3.63) is 87.8 Å². The zero-order chi connectivity index (χ0) is 20.9. The molecule has 0 fully saturated rings. The molecular weight excluding hydrogens is 382 g/mol. The monoisotopic (exact) mass is 397 g/mol. The molecule has 142 valence electrons. The van der Waals surface area contributed by atoms with Crippen LogP contribution in [0.4, 0.5) is 5.69 Å². The number of ketones is 2. The Labute approximate surface area is 161 Å². The Morgan fingerprint density at radius 2 is 1.75 bits per heavy atom. The number of carbonyl (C=O) groups excluding carboxylic acids is 2. The van der Waals surface area contributed by atoms with Crippen molar-refractivity contribution in [1.82, 2.24) is 0 Å². The molecule has 0 saturated heterocycles. The Bertz CT molecular complexity index is 1140. The largest absolute Gasteiger partial charge is 0.295 e. The van der Waals surface area contributed by atoms with Gasteiger partial charge in [0.2, 0.25) is 0 Å². The van der Waals surface area contributed by atoms with Gasteiger partial charge in [-0.1, -0.05) is 48.1 Å². The summed E-state index contributed by atoms with van der Waals surface area (Å²) in [6, 6.07) is 9.57. The van der Waals surface area contributed by atoms with Crippen molar-refractivity contribution in [2.24, 2.45) is 5.11 Å². The van der Waals surface area contributed by atoms with Gasteiger partial charge in [0.15, 0.2) is 11.6 Å². The van der Waals surface area contributed by atoms with Gasteiger partial charge >= 0.3 is 0 Å². The van der Waals surface area contributed by atoms with Crippen LogP contribution in [0.3, 0.4) is 0 Å². The van der Waals surface area contributed by atoms with Crippen molar-refractivity contribution in [3.8, 4) is 0 Å². The van der Waals surface area contributed by atoms with Gasteiger partial charge in [-0.3, -0.25) is 14.1 Å². The van der Waals surface area contributed by atoms with Gasteiger partial charge in [0.1, 0.15) is 4.90 Å². The lowest BCUT2D eigenvalue weighted by molar-refractivity contribution is 0.102. The first-order valence-corrected chi connectivity index (χ1v) is 9.27. The van der Waals surface area contributed by atoms with E-state index in [-0.39, 0.29) is 22.6 Å². The summed E-state index contributed by atoms with van der Waals surface area (Å²) in [6.45, 7) is 5.16. The van der Waals surface area contributed by atoms with Crippen LogP contribution in [-0.4, -0.2) is 24.5 Å². The lowest BCUT2D eigenvalue weighted by Gasteiger charge is -2.04. The van der Waals surface area contributed by atoms with Crippen LogP contribution < -0.4 is 0 Å². The molecule has 0 bridgehead atoms. The molecule has 0 aliphatic rings. The van der Waals surface area contributed by atoms with Crippen LogP contribution in [0.15, 0.2) is 70.7 Å². The number of hydrogen-bond donors (Lipinski definition) is 1. The lowest BCUT2D eigenvalue weighted by Crippen LogP contribution is -2.02. The number of azide groups is 1. The fourth-order valence-electron chi connectivity index (χ4n) is 2.29. The van der Waals surface area contributed by atoms with Gasteiger partial charge in [-0.05, 0) is 41.8 Å². The zero-order valence-corrected chi connectivity index (χ0v) is 15.5. The Balaban J connectivity index is 2.33. The van der Waals surface area contributed by atoms with Crippen LogP contribution in [0, 0.1) is 0 Å². The topological polar surface area (TPSA) is 137 Å². The van der Waals surface area contributed by atoms with Crippen LogP contribution >= 0.6 is 0 Å². The minimum absolute atomic E-state index is 0.00336. The highest BCUT2D eigenvalue weighted by Crippen LogP contribution is 2.24. The van der Waals surface area contributed by atoms with Gasteiger partial charge < -0.3 is 0 Å². The quantitative estimate of drug-likeness (QED) is 0.183. The molecule has 0 radical (unpaired) electrons. The number of allylic oxidation sites excluding steroid dienone is 2. The number of hydrogen-bond acceptors (Lipinski definition) is 5. The van der Waals surface area contributed by atoms with E-state index in [2.05, 4.69) is 16.6 Å². The fraction of sp³-hybridized carbons (Fsp3) is 0.0526. The molecule has 9 heteroatoms. The summed E-state index contributed by atoms with van der Waals surface area (Å²) in [4.78, 5) is 26.2. The average Bonchev–Trinajstić information content (AvgIpc) is 2.65. The maximum absolute atomic E-state index is 12.3. The van der Waals surface area contributed by atoms with Crippen LogP contribution in [-0.2, 0) is 10.1 Å².